The zero-order valence-corrected chi connectivity index (χ0v) is 7.00. The van der Waals surface area contributed by atoms with Gasteiger partial charge >= 0.3 is 0 Å². The highest BCUT2D eigenvalue weighted by molar-refractivity contribution is 5.34. The van der Waals surface area contributed by atoms with E-state index in [1.165, 1.54) is 0 Å². The molecule has 0 saturated carbocycles. The fourth-order valence-corrected chi connectivity index (χ4v) is 1.83. The van der Waals surface area contributed by atoms with E-state index in [9.17, 15) is 5.11 Å². The first-order valence-electron chi connectivity index (χ1n) is 4.05. The molecule has 1 aromatic heterocycles. The summed E-state index contributed by atoms with van der Waals surface area (Å²) in [7, 11) is 0. The van der Waals surface area contributed by atoms with Crippen LogP contribution < -0.4 is 5.73 Å². The standard InChI is InChI=1S/C8H12N2O2/c1-5-7-6(12-10-5)2-3-8(7,11)4-9/h11H,2-4,9H2,1H3. The van der Waals surface area contributed by atoms with E-state index in [0.29, 0.717) is 6.42 Å². The van der Waals surface area contributed by atoms with Gasteiger partial charge in [-0.25, -0.2) is 0 Å². The lowest BCUT2D eigenvalue weighted by atomic mass is 9.97. The molecule has 0 aliphatic heterocycles. The topological polar surface area (TPSA) is 72.3 Å². The third kappa shape index (κ3) is 0.820. The average Bonchev–Trinajstić information content (AvgIpc) is 2.57. The number of hydrogen-bond acceptors (Lipinski definition) is 4. The molecular formula is C8H12N2O2. The molecular weight excluding hydrogens is 156 g/mol. The van der Waals surface area contributed by atoms with Gasteiger partial charge in [-0.3, -0.25) is 0 Å². The summed E-state index contributed by atoms with van der Waals surface area (Å²) in [5.74, 6) is 0.792. The van der Waals surface area contributed by atoms with E-state index in [0.717, 1.165) is 23.4 Å². The van der Waals surface area contributed by atoms with Crippen LogP contribution in [-0.2, 0) is 12.0 Å². The summed E-state index contributed by atoms with van der Waals surface area (Å²) in [6.45, 7) is 2.07. The van der Waals surface area contributed by atoms with Gasteiger partial charge in [0.2, 0.25) is 0 Å². The molecule has 0 fully saturated rings. The molecule has 12 heavy (non-hydrogen) atoms. The molecule has 0 amide bonds. The molecule has 3 N–H and O–H groups in total. The minimum Gasteiger partial charge on any atom is -0.384 e. The molecule has 1 heterocycles. The maximum atomic E-state index is 10.00. The fraction of sp³-hybridized carbons (Fsp3) is 0.625. The Morgan fingerprint density at radius 1 is 1.75 bits per heavy atom. The van der Waals surface area contributed by atoms with Gasteiger partial charge in [0.15, 0.2) is 0 Å². The minimum atomic E-state index is -0.889. The van der Waals surface area contributed by atoms with Crippen molar-refractivity contribution in [3.63, 3.8) is 0 Å². The summed E-state index contributed by atoms with van der Waals surface area (Å²) in [5.41, 5.74) is 6.17. The predicted octanol–water partition coefficient (Wildman–Crippen LogP) is 0.0755. The van der Waals surface area contributed by atoms with Crippen molar-refractivity contribution in [1.82, 2.24) is 5.16 Å². The zero-order chi connectivity index (χ0) is 8.77. The molecule has 1 atom stereocenters. The highest BCUT2D eigenvalue weighted by Crippen LogP contribution is 2.37. The van der Waals surface area contributed by atoms with Gasteiger partial charge in [-0.1, -0.05) is 5.16 Å². The highest BCUT2D eigenvalue weighted by Gasteiger charge is 2.40. The molecule has 4 nitrogen and oxygen atoms in total. The number of aliphatic hydroxyl groups is 1. The van der Waals surface area contributed by atoms with Crippen molar-refractivity contribution < 1.29 is 9.63 Å². The molecule has 0 spiro atoms. The maximum Gasteiger partial charge on any atom is 0.143 e. The highest BCUT2D eigenvalue weighted by atomic mass is 16.5. The molecule has 2 rings (SSSR count). The van der Waals surface area contributed by atoms with E-state index >= 15 is 0 Å². The molecule has 1 aliphatic carbocycles. The molecule has 0 aromatic carbocycles. The second-order valence-electron chi connectivity index (χ2n) is 3.30. The van der Waals surface area contributed by atoms with Crippen LogP contribution in [-0.4, -0.2) is 16.8 Å². The minimum absolute atomic E-state index is 0.238. The molecule has 1 aliphatic rings. The number of nitrogens with zero attached hydrogens (tertiary/aromatic N) is 1. The fourth-order valence-electron chi connectivity index (χ4n) is 1.83. The normalized spacial score (nSPS) is 27.6. The number of rotatable bonds is 1. The second kappa shape index (κ2) is 2.31. The predicted molar refractivity (Wildman–Crippen MR) is 42.5 cm³/mol. The van der Waals surface area contributed by atoms with Crippen molar-refractivity contribution in [2.24, 2.45) is 5.73 Å². The second-order valence-corrected chi connectivity index (χ2v) is 3.30. The van der Waals surface area contributed by atoms with Gasteiger partial charge in [0.1, 0.15) is 11.4 Å². The van der Waals surface area contributed by atoms with Crippen LogP contribution in [0.15, 0.2) is 4.52 Å². The van der Waals surface area contributed by atoms with Crippen LogP contribution in [0.1, 0.15) is 23.4 Å². The summed E-state index contributed by atoms with van der Waals surface area (Å²) in [5, 5.41) is 13.8. The first-order valence-corrected chi connectivity index (χ1v) is 4.05. The van der Waals surface area contributed by atoms with E-state index < -0.39 is 5.60 Å². The number of aromatic nitrogens is 1. The molecule has 66 valence electrons. The lowest BCUT2D eigenvalue weighted by molar-refractivity contribution is 0.0472. The number of fused-ring (bicyclic) bond motifs is 1. The Balaban J connectivity index is 2.53. The Morgan fingerprint density at radius 2 is 2.50 bits per heavy atom. The van der Waals surface area contributed by atoms with Gasteiger partial charge in [0, 0.05) is 13.0 Å². The van der Waals surface area contributed by atoms with E-state index in [-0.39, 0.29) is 6.54 Å². The van der Waals surface area contributed by atoms with Crippen LogP contribution >= 0.6 is 0 Å². The SMILES string of the molecule is Cc1noc2c1C(O)(CN)CC2. The van der Waals surface area contributed by atoms with Crippen molar-refractivity contribution in [2.45, 2.75) is 25.4 Å². The van der Waals surface area contributed by atoms with Crippen molar-refractivity contribution in [3.05, 3.63) is 17.0 Å². The van der Waals surface area contributed by atoms with Crippen LogP contribution in [0.2, 0.25) is 0 Å². The van der Waals surface area contributed by atoms with Gasteiger partial charge in [0.05, 0.1) is 11.3 Å². The van der Waals surface area contributed by atoms with E-state index in [4.69, 9.17) is 10.3 Å². The first-order chi connectivity index (χ1) is 5.67. The lowest BCUT2D eigenvalue weighted by Crippen LogP contribution is -2.32. The average molecular weight is 168 g/mol. The Morgan fingerprint density at radius 3 is 3.17 bits per heavy atom. The van der Waals surface area contributed by atoms with Crippen molar-refractivity contribution in [2.75, 3.05) is 6.54 Å². The smallest absolute Gasteiger partial charge is 0.143 e. The maximum absolute atomic E-state index is 10.00. The van der Waals surface area contributed by atoms with Gasteiger partial charge in [-0.15, -0.1) is 0 Å². The molecule has 1 unspecified atom stereocenters. The van der Waals surface area contributed by atoms with E-state index in [1.54, 1.807) is 0 Å². The van der Waals surface area contributed by atoms with Gasteiger partial charge < -0.3 is 15.4 Å². The first kappa shape index (κ1) is 7.76. The Labute approximate surface area is 70.3 Å². The molecule has 1 aromatic rings. The third-order valence-corrected chi connectivity index (χ3v) is 2.50. The number of hydrogen-bond donors (Lipinski definition) is 2. The summed E-state index contributed by atoms with van der Waals surface area (Å²) in [6.07, 6.45) is 1.39. The van der Waals surface area contributed by atoms with E-state index in [1.807, 2.05) is 6.92 Å². The van der Waals surface area contributed by atoms with Crippen LogP contribution in [0.3, 0.4) is 0 Å². The lowest BCUT2D eigenvalue weighted by Gasteiger charge is -2.19. The van der Waals surface area contributed by atoms with Crippen LogP contribution in [0.5, 0.6) is 0 Å². The van der Waals surface area contributed by atoms with Gasteiger partial charge in [-0.05, 0) is 13.3 Å². The van der Waals surface area contributed by atoms with Crippen LogP contribution in [0, 0.1) is 6.92 Å². The zero-order valence-electron chi connectivity index (χ0n) is 7.00. The number of aryl methyl sites for hydroxylation is 2. The Kier molecular flexibility index (Phi) is 1.49. The largest absolute Gasteiger partial charge is 0.384 e. The monoisotopic (exact) mass is 168 g/mol. The quantitative estimate of drug-likeness (QED) is 0.622. The molecule has 0 saturated heterocycles. The Bertz CT molecular complexity index is 308. The number of nitrogens with two attached hydrogens (primary N) is 1. The Hall–Kier alpha value is -0.870. The van der Waals surface area contributed by atoms with Crippen LogP contribution in [0.25, 0.3) is 0 Å². The summed E-state index contributed by atoms with van der Waals surface area (Å²) in [6, 6.07) is 0. The molecule has 0 radical (unpaired) electrons. The van der Waals surface area contributed by atoms with Gasteiger partial charge in [0.25, 0.3) is 0 Å². The summed E-state index contributed by atoms with van der Waals surface area (Å²) < 4.78 is 5.04. The molecule has 0 bridgehead atoms. The molecule has 4 heteroatoms. The van der Waals surface area contributed by atoms with Crippen LogP contribution in [0.4, 0.5) is 0 Å². The van der Waals surface area contributed by atoms with Crippen molar-refractivity contribution in [1.29, 1.82) is 0 Å². The summed E-state index contributed by atoms with van der Waals surface area (Å²) in [4.78, 5) is 0. The van der Waals surface area contributed by atoms with Crippen molar-refractivity contribution in [3.8, 4) is 0 Å². The van der Waals surface area contributed by atoms with Gasteiger partial charge in [-0.2, -0.15) is 0 Å². The van der Waals surface area contributed by atoms with E-state index in [2.05, 4.69) is 5.16 Å². The third-order valence-electron chi connectivity index (χ3n) is 2.50. The summed E-state index contributed by atoms with van der Waals surface area (Å²) >= 11 is 0. The van der Waals surface area contributed by atoms with Crippen molar-refractivity contribution >= 4 is 0 Å².